The van der Waals surface area contributed by atoms with E-state index in [2.05, 4.69) is 17.1 Å². The lowest BCUT2D eigenvalue weighted by Gasteiger charge is -2.26. The third kappa shape index (κ3) is 4.06. The first-order valence-electron chi connectivity index (χ1n) is 7.27. The molecule has 2 unspecified atom stereocenters. The summed E-state index contributed by atoms with van der Waals surface area (Å²) in [6.45, 7) is 8.97. The summed E-state index contributed by atoms with van der Waals surface area (Å²) < 4.78 is 0. The molecule has 1 N–H and O–H groups in total. The van der Waals surface area contributed by atoms with Gasteiger partial charge in [0.15, 0.2) is 0 Å². The summed E-state index contributed by atoms with van der Waals surface area (Å²) >= 11 is 0. The highest BCUT2D eigenvalue weighted by Gasteiger charge is 2.17. The summed E-state index contributed by atoms with van der Waals surface area (Å²) in [5.41, 5.74) is 0. The predicted molar refractivity (Wildman–Crippen MR) is 69.7 cm³/mol. The third-order valence-corrected chi connectivity index (χ3v) is 4.36. The highest BCUT2D eigenvalue weighted by atomic mass is 15.1. The van der Waals surface area contributed by atoms with Gasteiger partial charge in [-0.2, -0.15) is 0 Å². The van der Waals surface area contributed by atoms with Crippen molar-refractivity contribution < 1.29 is 0 Å². The van der Waals surface area contributed by atoms with Crippen LogP contribution in [0.15, 0.2) is 0 Å². The van der Waals surface area contributed by atoms with Crippen LogP contribution in [0.5, 0.6) is 0 Å². The molecule has 2 aliphatic rings. The van der Waals surface area contributed by atoms with Crippen molar-refractivity contribution in [1.82, 2.24) is 10.2 Å². The quantitative estimate of drug-likeness (QED) is 0.792. The van der Waals surface area contributed by atoms with Gasteiger partial charge in [0.2, 0.25) is 0 Å². The summed E-state index contributed by atoms with van der Waals surface area (Å²) in [6, 6.07) is 0. The van der Waals surface area contributed by atoms with Gasteiger partial charge in [0.1, 0.15) is 0 Å². The van der Waals surface area contributed by atoms with E-state index in [1.54, 1.807) is 0 Å². The van der Waals surface area contributed by atoms with E-state index in [1.807, 2.05) is 0 Å². The fourth-order valence-corrected chi connectivity index (χ4v) is 3.08. The molecule has 0 radical (unpaired) electrons. The van der Waals surface area contributed by atoms with Crippen molar-refractivity contribution >= 4 is 0 Å². The Labute approximate surface area is 101 Å². The van der Waals surface area contributed by atoms with Crippen molar-refractivity contribution in [2.75, 3.05) is 32.7 Å². The van der Waals surface area contributed by atoms with Crippen LogP contribution in [0.2, 0.25) is 0 Å². The van der Waals surface area contributed by atoms with E-state index >= 15 is 0 Å². The van der Waals surface area contributed by atoms with Gasteiger partial charge in [0.05, 0.1) is 0 Å². The van der Waals surface area contributed by atoms with Gasteiger partial charge in [0, 0.05) is 0 Å². The molecule has 2 atom stereocenters. The number of hydrogen-bond donors (Lipinski definition) is 1. The van der Waals surface area contributed by atoms with Crippen LogP contribution in [0.4, 0.5) is 0 Å². The smallest absolute Gasteiger partial charge is 0.00156 e. The first kappa shape index (κ1) is 12.4. The molecule has 0 amide bonds. The molecule has 0 saturated carbocycles. The zero-order valence-electron chi connectivity index (χ0n) is 10.9. The highest BCUT2D eigenvalue weighted by molar-refractivity contribution is 4.73. The van der Waals surface area contributed by atoms with Gasteiger partial charge < -0.3 is 10.2 Å². The number of likely N-dealkylation sites (tertiary alicyclic amines) is 1. The molecule has 2 nitrogen and oxygen atoms in total. The second-order valence-electron chi connectivity index (χ2n) is 5.88. The molecule has 2 fully saturated rings. The molecule has 0 aliphatic carbocycles. The Hall–Kier alpha value is -0.0800. The van der Waals surface area contributed by atoms with E-state index in [9.17, 15) is 0 Å². The van der Waals surface area contributed by atoms with Gasteiger partial charge in [-0.3, -0.25) is 0 Å². The van der Waals surface area contributed by atoms with E-state index < -0.39 is 0 Å². The SMILES string of the molecule is CC1CCCN(CCC2CCCNC2)CC1. The van der Waals surface area contributed by atoms with E-state index in [4.69, 9.17) is 0 Å². The summed E-state index contributed by atoms with van der Waals surface area (Å²) in [4.78, 5) is 2.71. The van der Waals surface area contributed by atoms with Gasteiger partial charge in [0.25, 0.3) is 0 Å². The minimum atomic E-state index is 0.953. The van der Waals surface area contributed by atoms with Crippen molar-refractivity contribution in [3.05, 3.63) is 0 Å². The van der Waals surface area contributed by atoms with Crippen LogP contribution >= 0.6 is 0 Å². The number of nitrogens with zero attached hydrogens (tertiary/aromatic N) is 1. The molecule has 2 saturated heterocycles. The summed E-state index contributed by atoms with van der Waals surface area (Å²) in [6.07, 6.45) is 8.55. The van der Waals surface area contributed by atoms with E-state index in [0.717, 1.165) is 11.8 Å². The molecule has 0 bridgehead atoms. The van der Waals surface area contributed by atoms with Gasteiger partial charge in [-0.25, -0.2) is 0 Å². The van der Waals surface area contributed by atoms with E-state index in [0.29, 0.717) is 0 Å². The van der Waals surface area contributed by atoms with Gasteiger partial charge in [-0.1, -0.05) is 6.92 Å². The number of hydrogen-bond acceptors (Lipinski definition) is 2. The fourth-order valence-electron chi connectivity index (χ4n) is 3.08. The maximum atomic E-state index is 3.52. The molecule has 94 valence electrons. The maximum absolute atomic E-state index is 3.52. The van der Waals surface area contributed by atoms with Gasteiger partial charge in [-0.15, -0.1) is 0 Å². The monoisotopic (exact) mass is 224 g/mol. The molecular formula is C14H28N2. The highest BCUT2D eigenvalue weighted by Crippen LogP contribution is 2.19. The summed E-state index contributed by atoms with van der Waals surface area (Å²) in [5.74, 6) is 1.91. The zero-order valence-corrected chi connectivity index (χ0v) is 10.9. The van der Waals surface area contributed by atoms with Crippen LogP contribution in [0.3, 0.4) is 0 Å². The Morgan fingerprint density at radius 2 is 2.06 bits per heavy atom. The van der Waals surface area contributed by atoms with Crippen molar-refractivity contribution in [2.45, 2.75) is 45.4 Å². The Balaban J connectivity index is 1.64. The van der Waals surface area contributed by atoms with Crippen molar-refractivity contribution in [1.29, 1.82) is 0 Å². The van der Waals surface area contributed by atoms with E-state index in [1.165, 1.54) is 71.2 Å². The lowest BCUT2D eigenvalue weighted by atomic mass is 9.96. The topological polar surface area (TPSA) is 15.3 Å². The molecule has 2 heteroatoms. The molecule has 2 heterocycles. The van der Waals surface area contributed by atoms with E-state index in [-0.39, 0.29) is 0 Å². The molecule has 2 aliphatic heterocycles. The normalized spacial score (nSPS) is 33.6. The van der Waals surface area contributed by atoms with Crippen molar-refractivity contribution in [2.24, 2.45) is 11.8 Å². The number of rotatable bonds is 3. The zero-order chi connectivity index (χ0) is 11.2. The Kier molecular flexibility index (Phi) is 5.11. The van der Waals surface area contributed by atoms with Crippen LogP contribution in [0.1, 0.15) is 45.4 Å². The fraction of sp³-hybridized carbons (Fsp3) is 1.00. The van der Waals surface area contributed by atoms with Crippen LogP contribution in [0, 0.1) is 11.8 Å². The first-order chi connectivity index (χ1) is 7.84. The Bertz CT molecular complexity index is 187. The second-order valence-corrected chi connectivity index (χ2v) is 5.88. The van der Waals surface area contributed by atoms with Crippen molar-refractivity contribution in [3.63, 3.8) is 0 Å². The second kappa shape index (κ2) is 6.61. The minimum Gasteiger partial charge on any atom is -0.316 e. The van der Waals surface area contributed by atoms with Gasteiger partial charge in [-0.05, 0) is 83.1 Å². The Morgan fingerprint density at radius 1 is 1.12 bits per heavy atom. The third-order valence-electron chi connectivity index (χ3n) is 4.36. The molecule has 0 aromatic carbocycles. The lowest BCUT2D eigenvalue weighted by molar-refractivity contribution is 0.242. The maximum Gasteiger partial charge on any atom is -0.00156 e. The molecule has 0 spiro atoms. The average Bonchev–Trinajstić information content (AvgIpc) is 2.53. The number of nitrogens with one attached hydrogen (secondary N) is 1. The minimum absolute atomic E-state index is 0.953. The van der Waals surface area contributed by atoms with Gasteiger partial charge >= 0.3 is 0 Å². The van der Waals surface area contributed by atoms with Crippen LogP contribution in [0.25, 0.3) is 0 Å². The van der Waals surface area contributed by atoms with Crippen LogP contribution in [-0.4, -0.2) is 37.6 Å². The lowest BCUT2D eigenvalue weighted by Crippen LogP contribution is -2.33. The van der Waals surface area contributed by atoms with Crippen LogP contribution in [-0.2, 0) is 0 Å². The first-order valence-corrected chi connectivity index (χ1v) is 7.27. The standard InChI is InChI=1S/C14H28N2/c1-13-4-3-9-16(10-6-13)11-7-14-5-2-8-15-12-14/h13-15H,2-12H2,1H3. The summed E-state index contributed by atoms with van der Waals surface area (Å²) in [5, 5.41) is 3.52. The molecule has 0 aromatic heterocycles. The summed E-state index contributed by atoms with van der Waals surface area (Å²) in [7, 11) is 0. The molecule has 0 aromatic rings. The predicted octanol–water partition coefficient (Wildman–Crippen LogP) is 2.50. The van der Waals surface area contributed by atoms with Crippen molar-refractivity contribution in [3.8, 4) is 0 Å². The van der Waals surface area contributed by atoms with Crippen LogP contribution < -0.4 is 5.32 Å². The largest absolute Gasteiger partial charge is 0.316 e. The average molecular weight is 224 g/mol. The number of piperidine rings is 1. The molecule has 2 rings (SSSR count). The molecule has 16 heavy (non-hydrogen) atoms. The molecular weight excluding hydrogens is 196 g/mol. The Morgan fingerprint density at radius 3 is 2.88 bits per heavy atom.